The summed E-state index contributed by atoms with van der Waals surface area (Å²) in [5.41, 5.74) is 6.10. The fourth-order valence-electron chi connectivity index (χ4n) is 3.49. The number of likely N-dealkylation sites (N-methyl/N-ethyl adjacent to an activating group) is 1. The molecule has 1 aliphatic heterocycles. The van der Waals surface area contributed by atoms with Crippen molar-refractivity contribution in [3.8, 4) is 0 Å². The van der Waals surface area contributed by atoms with Crippen molar-refractivity contribution in [2.45, 2.75) is 39.3 Å². The molecule has 10 nitrogen and oxygen atoms in total. The van der Waals surface area contributed by atoms with Crippen LogP contribution < -0.4 is 16.4 Å². The van der Waals surface area contributed by atoms with Gasteiger partial charge in [0.25, 0.3) is 0 Å². The first-order valence-electron chi connectivity index (χ1n) is 9.86. The van der Waals surface area contributed by atoms with Gasteiger partial charge in [-0.2, -0.15) is 0 Å². The monoisotopic (exact) mass is 415 g/mol. The summed E-state index contributed by atoms with van der Waals surface area (Å²) in [6.45, 7) is 6.30. The topological polar surface area (TPSA) is 155 Å². The van der Waals surface area contributed by atoms with Crippen LogP contribution >= 0.6 is 0 Å². The van der Waals surface area contributed by atoms with Gasteiger partial charge in [0.05, 0.1) is 12.0 Å². The van der Waals surface area contributed by atoms with Crippen LogP contribution in [0.5, 0.6) is 0 Å². The summed E-state index contributed by atoms with van der Waals surface area (Å²) in [7, 11) is 0. The zero-order valence-electron chi connectivity index (χ0n) is 17.4. The van der Waals surface area contributed by atoms with Gasteiger partial charge in [0.1, 0.15) is 11.9 Å². The van der Waals surface area contributed by atoms with Gasteiger partial charge in [-0.25, -0.2) is 4.79 Å². The fourth-order valence-corrected chi connectivity index (χ4v) is 3.49. The van der Waals surface area contributed by atoms with E-state index in [4.69, 9.17) is 16.6 Å². The van der Waals surface area contributed by atoms with Crippen LogP contribution in [0.4, 0.5) is 4.79 Å². The molecule has 1 heterocycles. The molecule has 30 heavy (non-hydrogen) atoms. The van der Waals surface area contributed by atoms with Crippen molar-refractivity contribution >= 4 is 29.6 Å². The van der Waals surface area contributed by atoms with Crippen molar-refractivity contribution in [1.29, 1.82) is 10.8 Å². The number of nitrogens with one attached hydrogen (secondary N) is 4. The van der Waals surface area contributed by atoms with Crippen molar-refractivity contribution in [2.75, 3.05) is 13.1 Å². The zero-order chi connectivity index (χ0) is 22.4. The van der Waals surface area contributed by atoms with Crippen LogP contribution in [0.15, 0.2) is 30.3 Å². The lowest BCUT2D eigenvalue weighted by molar-refractivity contribution is -0.161. The minimum Gasteiger partial charge on any atom is -0.370 e. The van der Waals surface area contributed by atoms with Gasteiger partial charge in [0, 0.05) is 19.5 Å². The third-order valence-electron chi connectivity index (χ3n) is 5.11. The molecule has 10 heteroatoms. The highest BCUT2D eigenvalue weighted by Crippen LogP contribution is 2.32. The third kappa shape index (κ3) is 4.94. The van der Waals surface area contributed by atoms with Crippen LogP contribution in [0.1, 0.15) is 38.8 Å². The first-order chi connectivity index (χ1) is 14.2. The number of carbonyl (C=O) groups excluding carboxylic acids is 3. The lowest BCUT2D eigenvalue weighted by atomic mass is 9.83. The number of β-lactam (4-membered cyclic amide) rings is 1. The quantitative estimate of drug-likeness (QED) is 0.255. The summed E-state index contributed by atoms with van der Waals surface area (Å²) in [6.07, 6.45) is -0.117. The van der Waals surface area contributed by atoms with Gasteiger partial charge >= 0.3 is 6.03 Å². The summed E-state index contributed by atoms with van der Waals surface area (Å²) >= 11 is 0. The highest BCUT2D eigenvalue weighted by Gasteiger charge is 2.55. The predicted molar refractivity (Wildman–Crippen MR) is 113 cm³/mol. The van der Waals surface area contributed by atoms with Crippen molar-refractivity contribution in [2.24, 2.45) is 11.7 Å². The van der Waals surface area contributed by atoms with E-state index >= 15 is 0 Å². The molecular formula is C20H29N7O3. The van der Waals surface area contributed by atoms with E-state index in [1.807, 2.05) is 44.2 Å². The minimum absolute atomic E-state index is 0.117. The number of carbonyl (C=O) groups is 3. The Balaban J connectivity index is 2.20. The number of nitrogens with two attached hydrogens (primary N) is 1. The second-order valence-electron chi connectivity index (χ2n) is 7.07. The molecule has 0 radical (unpaired) electrons. The molecule has 0 unspecified atom stereocenters. The van der Waals surface area contributed by atoms with Crippen molar-refractivity contribution in [3.63, 3.8) is 0 Å². The number of hydrogen-bond donors (Lipinski definition) is 5. The average Bonchev–Trinajstić information content (AvgIpc) is 2.70. The number of amidine groups is 1. The Hall–Kier alpha value is -3.43. The standard InChI is InChI=1S/C20H29N7O3/c1-4-26(5-2)18(29)16-14(11-15(21)25-19(22)23)17(28)27(16)20(30)24-12(3)13-9-7-6-8-10-13/h6-10,12,14,16H,4-5,11H2,1-3H3,(H,24,30)(H5,21,22,23,25)/t12-,14-,16+/m1/s1. The molecule has 0 bridgehead atoms. The van der Waals surface area contributed by atoms with Crippen molar-refractivity contribution < 1.29 is 14.4 Å². The molecule has 1 fully saturated rings. The van der Waals surface area contributed by atoms with Gasteiger partial charge in [0.2, 0.25) is 11.8 Å². The van der Waals surface area contributed by atoms with Gasteiger partial charge in [0.15, 0.2) is 5.96 Å². The molecule has 3 atom stereocenters. The van der Waals surface area contributed by atoms with E-state index in [2.05, 4.69) is 10.6 Å². The zero-order valence-corrected chi connectivity index (χ0v) is 17.4. The molecular weight excluding hydrogens is 386 g/mol. The highest BCUT2D eigenvalue weighted by molar-refractivity contribution is 6.10. The van der Waals surface area contributed by atoms with Crippen LogP contribution in [0, 0.1) is 16.7 Å². The fraction of sp³-hybridized carbons (Fsp3) is 0.450. The molecule has 0 saturated carbocycles. The largest absolute Gasteiger partial charge is 0.370 e. The van der Waals surface area contributed by atoms with Gasteiger partial charge in [-0.05, 0) is 26.3 Å². The number of guanidine groups is 1. The van der Waals surface area contributed by atoms with E-state index < -0.39 is 29.9 Å². The molecule has 1 aliphatic rings. The number of nitrogens with zero attached hydrogens (tertiary/aromatic N) is 2. The summed E-state index contributed by atoms with van der Waals surface area (Å²) in [6, 6.07) is 7.28. The van der Waals surface area contributed by atoms with Gasteiger partial charge in [-0.3, -0.25) is 25.3 Å². The lowest BCUT2D eigenvalue weighted by Gasteiger charge is -2.46. The molecule has 4 amide bonds. The third-order valence-corrected chi connectivity index (χ3v) is 5.11. The SMILES string of the molecule is CCN(CC)C(=O)[C@@H]1[C@@H](CC(=N)NC(=N)N)C(=O)N1C(=O)N[C@H](C)c1ccccc1. The number of amides is 4. The first kappa shape index (κ1) is 22.9. The van der Waals surface area contributed by atoms with Crippen LogP contribution in [0.3, 0.4) is 0 Å². The van der Waals surface area contributed by atoms with E-state index in [1.165, 1.54) is 0 Å². The van der Waals surface area contributed by atoms with Gasteiger partial charge in [-0.15, -0.1) is 0 Å². The Kier molecular flexibility index (Phi) is 7.51. The highest BCUT2D eigenvalue weighted by atomic mass is 16.2. The molecule has 1 aromatic rings. The van der Waals surface area contributed by atoms with E-state index in [0.29, 0.717) is 13.1 Å². The molecule has 1 aromatic carbocycles. The Bertz CT molecular complexity index is 823. The normalized spacial score (nSPS) is 18.8. The second-order valence-corrected chi connectivity index (χ2v) is 7.07. The summed E-state index contributed by atoms with van der Waals surface area (Å²) in [5, 5.41) is 20.2. The Morgan fingerprint density at radius 2 is 1.80 bits per heavy atom. The Labute approximate surface area is 175 Å². The predicted octanol–water partition coefficient (Wildman–Crippen LogP) is 1.00. The maximum atomic E-state index is 13.0. The maximum absolute atomic E-state index is 13.0. The van der Waals surface area contributed by atoms with Crippen LogP contribution in [-0.4, -0.2) is 58.6 Å². The first-order valence-corrected chi connectivity index (χ1v) is 9.86. The van der Waals surface area contributed by atoms with Crippen LogP contribution in [0.2, 0.25) is 0 Å². The van der Waals surface area contributed by atoms with Gasteiger partial charge in [-0.1, -0.05) is 30.3 Å². The number of urea groups is 1. The Morgan fingerprint density at radius 3 is 2.33 bits per heavy atom. The summed E-state index contributed by atoms with van der Waals surface area (Å²) < 4.78 is 0. The number of likely N-dealkylation sites (tertiary alicyclic amines) is 1. The molecule has 0 spiro atoms. The number of rotatable bonds is 7. The molecule has 0 aromatic heterocycles. The molecule has 6 N–H and O–H groups in total. The van der Waals surface area contributed by atoms with E-state index in [0.717, 1.165) is 10.5 Å². The Morgan fingerprint density at radius 1 is 1.20 bits per heavy atom. The minimum atomic E-state index is -1.01. The number of imide groups is 1. The summed E-state index contributed by atoms with van der Waals surface area (Å²) in [4.78, 5) is 41.1. The molecule has 1 saturated heterocycles. The average molecular weight is 415 g/mol. The number of hydrogen-bond acceptors (Lipinski definition) is 5. The van der Waals surface area contributed by atoms with Crippen LogP contribution in [-0.2, 0) is 9.59 Å². The van der Waals surface area contributed by atoms with E-state index in [9.17, 15) is 14.4 Å². The molecule has 2 rings (SSSR count). The second kappa shape index (κ2) is 9.86. The summed E-state index contributed by atoms with van der Waals surface area (Å²) in [5.74, 6) is -2.33. The van der Waals surface area contributed by atoms with Crippen molar-refractivity contribution in [3.05, 3.63) is 35.9 Å². The molecule has 0 aliphatic carbocycles. The lowest BCUT2D eigenvalue weighted by Crippen LogP contribution is -2.70. The molecule has 162 valence electrons. The van der Waals surface area contributed by atoms with Crippen LogP contribution in [0.25, 0.3) is 0 Å². The van der Waals surface area contributed by atoms with Gasteiger partial charge < -0.3 is 21.3 Å². The van der Waals surface area contributed by atoms with E-state index in [-0.39, 0.29) is 24.2 Å². The maximum Gasteiger partial charge on any atom is 0.325 e. The smallest absolute Gasteiger partial charge is 0.325 e. The van der Waals surface area contributed by atoms with Crippen molar-refractivity contribution in [1.82, 2.24) is 20.4 Å². The van der Waals surface area contributed by atoms with E-state index in [1.54, 1.807) is 11.8 Å². The number of benzene rings is 1.